The van der Waals surface area contributed by atoms with Crippen molar-refractivity contribution in [3.05, 3.63) is 54.1 Å². The van der Waals surface area contributed by atoms with E-state index in [4.69, 9.17) is 9.84 Å². The molecular weight excluding hydrogens is 290 g/mol. The lowest BCUT2D eigenvalue weighted by atomic mass is 10.0. The predicted octanol–water partition coefficient (Wildman–Crippen LogP) is 4.69. The van der Waals surface area contributed by atoms with E-state index in [1.165, 1.54) is 12.8 Å². The molecule has 0 heterocycles. The van der Waals surface area contributed by atoms with Gasteiger partial charge in [-0.15, -0.1) is 0 Å². The maximum absolute atomic E-state index is 10.5. The van der Waals surface area contributed by atoms with Crippen molar-refractivity contribution in [2.45, 2.75) is 32.7 Å². The smallest absolute Gasteiger partial charge is 0.404 e. The highest BCUT2D eigenvalue weighted by Gasteiger charge is 2.06. The summed E-state index contributed by atoms with van der Waals surface area (Å²) in [6, 6.07) is 15.8. The molecule has 0 bridgehead atoms. The van der Waals surface area contributed by atoms with Crippen molar-refractivity contribution in [3.8, 4) is 16.9 Å². The zero-order valence-electron chi connectivity index (χ0n) is 13.4. The number of ether oxygens (including phenoxy) is 1. The summed E-state index contributed by atoms with van der Waals surface area (Å²) in [5, 5.41) is 11.0. The quantitative estimate of drug-likeness (QED) is 0.695. The molecule has 0 unspecified atom stereocenters. The molecule has 0 aliphatic rings. The molecule has 2 aromatic carbocycles. The average molecular weight is 313 g/mol. The molecule has 0 atom stereocenters. The van der Waals surface area contributed by atoms with Crippen LogP contribution in [0.4, 0.5) is 4.79 Å². The Labute approximate surface area is 137 Å². The second-order valence-electron chi connectivity index (χ2n) is 5.41. The van der Waals surface area contributed by atoms with E-state index >= 15 is 0 Å². The Morgan fingerprint density at radius 1 is 1.09 bits per heavy atom. The van der Waals surface area contributed by atoms with E-state index < -0.39 is 6.09 Å². The number of carbonyl (C=O) groups is 1. The molecule has 1 amide bonds. The van der Waals surface area contributed by atoms with Gasteiger partial charge in [0.25, 0.3) is 0 Å². The molecule has 0 radical (unpaired) electrons. The van der Waals surface area contributed by atoms with Gasteiger partial charge in [-0.3, -0.25) is 0 Å². The highest BCUT2D eigenvalue weighted by Crippen LogP contribution is 2.30. The van der Waals surface area contributed by atoms with Gasteiger partial charge in [-0.25, -0.2) is 4.79 Å². The summed E-state index contributed by atoms with van der Waals surface area (Å²) in [5.41, 5.74) is 3.05. The zero-order valence-corrected chi connectivity index (χ0v) is 13.4. The molecule has 0 saturated heterocycles. The molecule has 2 N–H and O–H groups in total. The molecule has 23 heavy (non-hydrogen) atoms. The van der Waals surface area contributed by atoms with Crippen molar-refractivity contribution < 1.29 is 14.6 Å². The lowest BCUT2D eigenvalue weighted by molar-refractivity contribution is 0.194. The van der Waals surface area contributed by atoms with Gasteiger partial charge in [0, 0.05) is 12.1 Å². The fourth-order valence-electron chi connectivity index (χ4n) is 2.35. The van der Waals surface area contributed by atoms with Crippen LogP contribution in [0.1, 0.15) is 31.7 Å². The van der Waals surface area contributed by atoms with Gasteiger partial charge in [-0.2, -0.15) is 0 Å². The normalized spacial score (nSPS) is 10.3. The number of unbranched alkanes of at least 4 members (excludes halogenated alkanes) is 2. The summed E-state index contributed by atoms with van der Waals surface area (Å²) in [6.45, 7) is 3.21. The SMILES string of the molecule is CCCCCOc1ccccc1-c1ccc(CNC(=O)O)cc1. The summed E-state index contributed by atoms with van der Waals surface area (Å²) in [5.74, 6) is 0.889. The Morgan fingerprint density at radius 3 is 2.52 bits per heavy atom. The lowest BCUT2D eigenvalue weighted by Crippen LogP contribution is -2.19. The Hall–Kier alpha value is -2.49. The van der Waals surface area contributed by atoms with Crippen LogP contribution in [0.5, 0.6) is 5.75 Å². The second kappa shape index (κ2) is 8.83. The minimum absolute atomic E-state index is 0.310. The molecule has 0 aliphatic heterocycles. The van der Waals surface area contributed by atoms with Crippen LogP contribution >= 0.6 is 0 Å². The third-order valence-corrected chi connectivity index (χ3v) is 3.60. The van der Waals surface area contributed by atoms with Gasteiger partial charge in [-0.1, -0.05) is 62.2 Å². The molecule has 0 saturated carbocycles. The molecule has 4 heteroatoms. The van der Waals surface area contributed by atoms with Crippen LogP contribution < -0.4 is 10.1 Å². The van der Waals surface area contributed by atoms with E-state index in [2.05, 4.69) is 12.2 Å². The van der Waals surface area contributed by atoms with Crippen LogP contribution in [0.15, 0.2) is 48.5 Å². The molecule has 0 fully saturated rings. The first kappa shape index (κ1) is 16.9. The summed E-state index contributed by atoms with van der Waals surface area (Å²) in [7, 11) is 0. The van der Waals surface area contributed by atoms with Gasteiger partial charge in [0.2, 0.25) is 0 Å². The molecule has 2 rings (SSSR count). The molecule has 2 aromatic rings. The zero-order chi connectivity index (χ0) is 16.5. The summed E-state index contributed by atoms with van der Waals surface area (Å²) < 4.78 is 5.91. The maximum atomic E-state index is 10.5. The summed E-state index contributed by atoms with van der Waals surface area (Å²) >= 11 is 0. The molecule has 0 aliphatic carbocycles. The van der Waals surface area contributed by atoms with Gasteiger partial charge < -0.3 is 15.2 Å². The fourth-order valence-corrected chi connectivity index (χ4v) is 2.35. The van der Waals surface area contributed by atoms with E-state index in [9.17, 15) is 4.79 Å². The van der Waals surface area contributed by atoms with Crippen molar-refractivity contribution in [1.29, 1.82) is 0 Å². The third-order valence-electron chi connectivity index (χ3n) is 3.60. The number of para-hydroxylation sites is 1. The maximum Gasteiger partial charge on any atom is 0.404 e. The Bertz CT molecular complexity index is 623. The van der Waals surface area contributed by atoms with Crippen molar-refractivity contribution in [1.82, 2.24) is 5.32 Å². The molecular formula is C19H23NO3. The third kappa shape index (κ3) is 5.33. The van der Waals surface area contributed by atoms with E-state index in [-0.39, 0.29) is 0 Å². The van der Waals surface area contributed by atoms with Crippen molar-refractivity contribution >= 4 is 6.09 Å². The van der Waals surface area contributed by atoms with Gasteiger partial charge >= 0.3 is 6.09 Å². The number of carboxylic acid groups (broad SMARTS) is 1. The summed E-state index contributed by atoms with van der Waals surface area (Å²) in [4.78, 5) is 10.5. The highest BCUT2D eigenvalue weighted by molar-refractivity contribution is 5.70. The predicted molar refractivity (Wildman–Crippen MR) is 91.8 cm³/mol. The van der Waals surface area contributed by atoms with Crippen LogP contribution in [0.3, 0.4) is 0 Å². The van der Waals surface area contributed by atoms with Crippen molar-refractivity contribution in [2.75, 3.05) is 6.61 Å². The molecule has 122 valence electrons. The first-order chi connectivity index (χ1) is 11.2. The Kier molecular flexibility index (Phi) is 6.48. The van der Waals surface area contributed by atoms with E-state index in [1.807, 2.05) is 48.5 Å². The Morgan fingerprint density at radius 2 is 1.83 bits per heavy atom. The average Bonchev–Trinajstić information content (AvgIpc) is 2.58. The van der Waals surface area contributed by atoms with Gasteiger partial charge in [-0.05, 0) is 23.6 Å². The fraction of sp³-hybridized carbons (Fsp3) is 0.316. The van der Waals surface area contributed by atoms with Crippen LogP contribution in [-0.2, 0) is 6.54 Å². The number of nitrogens with one attached hydrogen (secondary N) is 1. The second-order valence-corrected chi connectivity index (χ2v) is 5.41. The van der Waals surface area contributed by atoms with Crippen LogP contribution in [0.25, 0.3) is 11.1 Å². The largest absolute Gasteiger partial charge is 0.493 e. The van der Waals surface area contributed by atoms with Gasteiger partial charge in [0.15, 0.2) is 0 Å². The van der Waals surface area contributed by atoms with Crippen LogP contribution in [-0.4, -0.2) is 17.8 Å². The van der Waals surface area contributed by atoms with E-state index in [0.29, 0.717) is 6.54 Å². The number of hydrogen-bond acceptors (Lipinski definition) is 2. The van der Waals surface area contributed by atoms with E-state index in [0.717, 1.165) is 35.5 Å². The van der Waals surface area contributed by atoms with E-state index in [1.54, 1.807) is 0 Å². The highest BCUT2D eigenvalue weighted by atomic mass is 16.5. The first-order valence-electron chi connectivity index (χ1n) is 7.98. The van der Waals surface area contributed by atoms with Gasteiger partial charge in [0.1, 0.15) is 5.75 Å². The molecule has 0 aromatic heterocycles. The first-order valence-corrected chi connectivity index (χ1v) is 7.98. The number of amides is 1. The Balaban J connectivity index is 2.07. The monoisotopic (exact) mass is 313 g/mol. The van der Waals surface area contributed by atoms with Crippen LogP contribution in [0.2, 0.25) is 0 Å². The number of hydrogen-bond donors (Lipinski definition) is 2. The topological polar surface area (TPSA) is 58.6 Å². The number of rotatable bonds is 8. The van der Waals surface area contributed by atoms with Crippen LogP contribution in [0, 0.1) is 0 Å². The number of benzene rings is 2. The minimum Gasteiger partial charge on any atom is -0.493 e. The molecule has 0 spiro atoms. The lowest BCUT2D eigenvalue weighted by Gasteiger charge is -2.12. The van der Waals surface area contributed by atoms with Gasteiger partial charge in [0.05, 0.1) is 6.61 Å². The summed E-state index contributed by atoms with van der Waals surface area (Å²) in [6.07, 6.45) is 2.40. The minimum atomic E-state index is -1.01. The van der Waals surface area contributed by atoms with Crippen molar-refractivity contribution in [2.24, 2.45) is 0 Å². The standard InChI is InChI=1S/C19H23NO3/c1-2-3-6-13-23-18-8-5-4-7-17(18)16-11-9-15(10-12-16)14-20-19(21)22/h4-5,7-12,20H,2-3,6,13-14H2,1H3,(H,21,22). The molecule has 4 nitrogen and oxygen atoms in total. The van der Waals surface area contributed by atoms with Crippen molar-refractivity contribution in [3.63, 3.8) is 0 Å².